The first kappa shape index (κ1) is 19.9. The third-order valence-corrected chi connectivity index (χ3v) is 5.44. The van der Waals surface area contributed by atoms with E-state index in [1.54, 1.807) is 6.92 Å². The summed E-state index contributed by atoms with van der Waals surface area (Å²) in [4.78, 5) is 12.2. The molecule has 2 N–H and O–H groups in total. The van der Waals surface area contributed by atoms with Gasteiger partial charge in [-0.3, -0.25) is 4.79 Å². The van der Waals surface area contributed by atoms with E-state index in [1.165, 1.54) is 25.3 Å². The van der Waals surface area contributed by atoms with Crippen molar-refractivity contribution in [1.29, 1.82) is 0 Å². The minimum atomic E-state index is -3.80. The lowest BCUT2D eigenvalue weighted by Gasteiger charge is -2.18. The lowest BCUT2D eigenvalue weighted by molar-refractivity contribution is 0.0952. The summed E-state index contributed by atoms with van der Waals surface area (Å²) in [5, 5.41) is 2.66. The molecule has 0 fully saturated rings. The summed E-state index contributed by atoms with van der Waals surface area (Å²) < 4.78 is 33.5. The Labute approximate surface area is 154 Å². The van der Waals surface area contributed by atoms with Gasteiger partial charge in [0.25, 0.3) is 5.91 Å². The van der Waals surface area contributed by atoms with Crippen molar-refractivity contribution in [2.24, 2.45) is 0 Å². The summed E-state index contributed by atoms with van der Waals surface area (Å²) in [6.45, 7) is 4.13. The second-order valence-electron chi connectivity index (χ2n) is 5.71. The highest BCUT2D eigenvalue weighted by atomic mass is 32.2. The van der Waals surface area contributed by atoms with Gasteiger partial charge in [0.05, 0.1) is 17.6 Å². The van der Waals surface area contributed by atoms with Crippen LogP contribution in [0.2, 0.25) is 0 Å². The topological polar surface area (TPSA) is 84.5 Å². The van der Waals surface area contributed by atoms with Crippen LogP contribution in [0.1, 0.15) is 42.2 Å². The number of carbonyl (C=O) groups excluding carboxylic acids is 1. The zero-order chi connectivity index (χ0) is 19.2. The van der Waals surface area contributed by atoms with Gasteiger partial charge in [-0.1, -0.05) is 37.3 Å². The van der Waals surface area contributed by atoms with Crippen molar-refractivity contribution in [1.82, 2.24) is 10.0 Å². The van der Waals surface area contributed by atoms with Gasteiger partial charge in [-0.15, -0.1) is 0 Å². The number of rotatable bonds is 8. The summed E-state index contributed by atoms with van der Waals surface area (Å²) >= 11 is 0. The van der Waals surface area contributed by atoms with Gasteiger partial charge in [-0.05, 0) is 37.1 Å². The van der Waals surface area contributed by atoms with E-state index in [1.807, 2.05) is 37.3 Å². The fourth-order valence-electron chi connectivity index (χ4n) is 2.62. The van der Waals surface area contributed by atoms with Crippen molar-refractivity contribution in [3.05, 3.63) is 59.7 Å². The molecular formula is C19H24N2O4S. The molecule has 0 aliphatic rings. The Morgan fingerprint density at radius 2 is 1.81 bits per heavy atom. The number of nitrogens with one attached hydrogen (secondary N) is 2. The third-order valence-electron chi connectivity index (χ3n) is 3.97. The molecule has 2 aromatic rings. The second-order valence-corrected chi connectivity index (χ2v) is 7.43. The number of methoxy groups -OCH3 is 1. The zero-order valence-corrected chi connectivity index (χ0v) is 16.0. The van der Waals surface area contributed by atoms with Crippen LogP contribution in [0.25, 0.3) is 0 Å². The van der Waals surface area contributed by atoms with E-state index >= 15 is 0 Å². The van der Waals surface area contributed by atoms with Crippen molar-refractivity contribution in [2.75, 3.05) is 13.7 Å². The molecule has 7 heteroatoms. The van der Waals surface area contributed by atoms with Gasteiger partial charge < -0.3 is 10.1 Å². The van der Waals surface area contributed by atoms with Gasteiger partial charge in [0.1, 0.15) is 5.75 Å². The monoisotopic (exact) mass is 376 g/mol. The fourth-order valence-corrected chi connectivity index (χ4v) is 3.95. The molecule has 1 unspecified atom stereocenters. The molecule has 2 rings (SSSR count). The van der Waals surface area contributed by atoms with Crippen LogP contribution in [0, 0.1) is 0 Å². The molecular weight excluding hydrogens is 352 g/mol. The number of amides is 1. The van der Waals surface area contributed by atoms with E-state index < -0.39 is 10.0 Å². The Balaban J connectivity index is 2.36. The molecule has 2 aromatic carbocycles. The summed E-state index contributed by atoms with van der Waals surface area (Å²) in [7, 11) is -2.36. The minimum absolute atomic E-state index is 0.0222. The number of hydrogen-bond acceptors (Lipinski definition) is 4. The Bertz CT molecular complexity index is 851. The average Bonchev–Trinajstić information content (AvgIpc) is 2.66. The largest absolute Gasteiger partial charge is 0.496 e. The van der Waals surface area contributed by atoms with Gasteiger partial charge in [0.2, 0.25) is 10.0 Å². The highest BCUT2D eigenvalue weighted by molar-refractivity contribution is 7.89. The van der Waals surface area contributed by atoms with Gasteiger partial charge in [0, 0.05) is 12.6 Å². The molecule has 0 saturated heterocycles. The van der Waals surface area contributed by atoms with Crippen LogP contribution in [0.3, 0.4) is 0 Å². The Morgan fingerprint density at radius 1 is 1.12 bits per heavy atom. The van der Waals surface area contributed by atoms with Crippen molar-refractivity contribution in [3.63, 3.8) is 0 Å². The summed E-state index contributed by atoms with van der Waals surface area (Å²) in [6.07, 6.45) is 0.600. The first-order valence-corrected chi connectivity index (χ1v) is 9.94. The summed E-state index contributed by atoms with van der Waals surface area (Å²) in [5.74, 6) is -0.0542. The molecule has 0 heterocycles. The first-order valence-electron chi connectivity index (χ1n) is 8.46. The van der Waals surface area contributed by atoms with Crippen molar-refractivity contribution in [3.8, 4) is 5.75 Å². The van der Waals surface area contributed by atoms with Crippen LogP contribution in [0.15, 0.2) is 53.4 Å². The van der Waals surface area contributed by atoms with E-state index in [4.69, 9.17) is 4.74 Å². The molecule has 0 radical (unpaired) electrons. The van der Waals surface area contributed by atoms with Crippen molar-refractivity contribution >= 4 is 15.9 Å². The SMILES string of the molecule is CCNC(=O)c1cc(S(=O)(=O)NC(CC)c2ccccc2)ccc1OC. The molecule has 0 saturated carbocycles. The molecule has 1 atom stereocenters. The van der Waals surface area contributed by atoms with E-state index in [0.717, 1.165) is 5.56 Å². The van der Waals surface area contributed by atoms with Gasteiger partial charge in [-0.2, -0.15) is 0 Å². The Kier molecular flexibility index (Phi) is 6.76. The van der Waals surface area contributed by atoms with E-state index in [-0.39, 0.29) is 22.4 Å². The number of ether oxygens (including phenoxy) is 1. The molecule has 0 spiro atoms. The maximum Gasteiger partial charge on any atom is 0.255 e. The van der Waals surface area contributed by atoms with E-state index in [2.05, 4.69) is 10.0 Å². The Morgan fingerprint density at radius 3 is 2.38 bits per heavy atom. The van der Waals surface area contributed by atoms with E-state index in [9.17, 15) is 13.2 Å². The second kappa shape index (κ2) is 8.82. The third kappa shape index (κ3) is 4.62. The van der Waals surface area contributed by atoms with Gasteiger partial charge >= 0.3 is 0 Å². The quantitative estimate of drug-likeness (QED) is 0.742. The maximum atomic E-state index is 12.8. The number of sulfonamides is 1. The molecule has 0 bridgehead atoms. The summed E-state index contributed by atoms with van der Waals surface area (Å²) in [5.41, 5.74) is 1.07. The summed E-state index contributed by atoms with van der Waals surface area (Å²) in [6, 6.07) is 13.3. The van der Waals surface area contributed by atoms with Crippen molar-refractivity contribution in [2.45, 2.75) is 31.2 Å². The van der Waals surface area contributed by atoms with Crippen LogP contribution in [-0.4, -0.2) is 28.0 Å². The predicted molar refractivity (Wildman–Crippen MR) is 101 cm³/mol. The minimum Gasteiger partial charge on any atom is -0.496 e. The standard InChI is InChI=1S/C19H24N2O4S/c1-4-17(14-9-7-6-8-10-14)21-26(23,24)15-11-12-18(25-3)16(13-15)19(22)20-5-2/h6-13,17,21H,4-5H2,1-3H3,(H,20,22). The molecule has 0 aliphatic heterocycles. The van der Waals surface area contributed by atoms with Crippen molar-refractivity contribution < 1.29 is 17.9 Å². The van der Waals surface area contributed by atoms with Crippen LogP contribution in [0.5, 0.6) is 5.75 Å². The van der Waals surface area contributed by atoms with Gasteiger partial charge in [0.15, 0.2) is 0 Å². The predicted octanol–water partition coefficient (Wildman–Crippen LogP) is 2.87. The molecule has 6 nitrogen and oxygen atoms in total. The van der Waals surface area contributed by atoms with Crippen LogP contribution >= 0.6 is 0 Å². The smallest absolute Gasteiger partial charge is 0.255 e. The lowest BCUT2D eigenvalue weighted by atomic mass is 10.1. The van der Waals surface area contributed by atoms with E-state index in [0.29, 0.717) is 18.7 Å². The molecule has 0 aromatic heterocycles. The van der Waals surface area contributed by atoms with Crippen LogP contribution in [0.4, 0.5) is 0 Å². The zero-order valence-electron chi connectivity index (χ0n) is 15.2. The first-order chi connectivity index (χ1) is 12.4. The number of carbonyl (C=O) groups is 1. The Hall–Kier alpha value is -2.38. The lowest BCUT2D eigenvalue weighted by Crippen LogP contribution is -2.29. The number of hydrogen-bond donors (Lipinski definition) is 2. The average molecular weight is 376 g/mol. The molecule has 1 amide bonds. The highest BCUT2D eigenvalue weighted by Gasteiger charge is 2.23. The maximum absolute atomic E-state index is 12.8. The normalized spacial score (nSPS) is 12.4. The van der Waals surface area contributed by atoms with Gasteiger partial charge in [-0.25, -0.2) is 13.1 Å². The van der Waals surface area contributed by atoms with Crippen LogP contribution < -0.4 is 14.8 Å². The fraction of sp³-hybridized carbons (Fsp3) is 0.316. The highest BCUT2D eigenvalue weighted by Crippen LogP contribution is 2.25. The van der Waals surface area contributed by atoms with Crippen LogP contribution in [-0.2, 0) is 10.0 Å². The molecule has 0 aliphatic carbocycles. The molecule has 26 heavy (non-hydrogen) atoms. The number of benzene rings is 2. The molecule has 140 valence electrons.